The molecule has 0 radical (unpaired) electrons. The van der Waals surface area contributed by atoms with E-state index in [1.165, 1.54) is 0 Å². The van der Waals surface area contributed by atoms with Crippen LogP contribution >= 0.6 is 15.9 Å². The Morgan fingerprint density at radius 3 is 2.24 bits per heavy atom. The van der Waals surface area contributed by atoms with E-state index >= 15 is 0 Å². The lowest BCUT2D eigenvalue weighted by Crippen LogP contribution is -1.84. The lowest BCUT2D eigenvalue weighted by atomic mass is 10.2. The molecule has 2 nitrogen and oxygen atoms in total. The van der Waals surface area contributed by atoms with Crippen molar-refractivity contribution in [3.63, 3.8) is 0 Å². The highest BCUT2D eigenvalue weighted by atomic mass is 79.9. The van der Waals surface area contributed by atoms with Crippen molar-refractivity contribution in [3.8, 4) is 5.75 Å². The van der Waals surface area contributed by atoms with Crippen molar-refractivity contribution in [2.24, 2.45) is 4.99 Å². The van der Waals surface area contributed by atoms with E-state index in [0.717, 1.165) is 21.5 Å². The van der Waals surface area contributed by atoms with Gasteiger partial charge in [0.2, 0.25) is 0 Å². The van der Waals surface area contributed by atoms with Gasteiger partial charge in [-0.25, -0.2) is 0 Å². The van der Waals surface area contributed by atoms with Gasteiger partial charge in [-0.2, -0.15) is 0 Å². The van der Waals surface area contributed by atoms with Crippen LogP contribution in [0.5, 0.6) is 5.75 Å². The van der Waals surface area contributed by atoms with Crippen LogP contribution < -0.4 is 4.74 Å². The highest BCUT2D eigenvalue weighted by molar-refractivity contribution is 9.10. The molecule has 0 unspecified atom stereocenters. The van der Waals surface area contributed by atoms with Gasteiger partial charge in [-0.15, -0.1) is 0 Å². The van der Waals surface area contributed by atoms with Crippen LogP contribution in [-0.4, -0.2) is 13.3 Å². The number of hydrogen-bond acceptors (Lipinski definition) is 2. The molecule has 0 aromatic heterocycles. The van der Waals surface area contributed by atoms with Gasteiger partial charge in [0.25, 0.3) is 0 Å². The summed E-state index contributed by atoms with van der Waals surface area (Å²) < 4.78 is 6.15. The average molecular weight is 290 g/mol. The summed E-state index contributed by atoms with van der Waals surface area (Å²) in [7, 11) is 1.66. The molecule has 0 aliphatic carbocycles. The van der Waals surface area contributed by atoms with Gasteiger partial charge in [0.1, 0.15) is 5.75 Å². The summed E-state index contributed by atoms with van der Waals surface area (Å²) in [6, 6.07) is 15.7. The van der Waals surface area contributed by atoms with Gasteiger partial charge in [-0.1, -0.05) is 15.9 Å². The highest BCUT2D eigenvalue weighted by Crippen LogP contribution is 2.17. The topological polar surface area (TPSA) is 21.6 Å². The molecule has 0 N–H and O–H groups in total. The predicted molar refractivity (Wildman–Crippen MR) is 74.4 cm³/mol. The fraction of sp³-hybridized carbons (Fsp3) is 0.0714. The minimum Gasteiger partial charge on any atom is -0.497 e. The Bertz CT molecular complexity index is 503. The quantitative estimate of drug-likeness (QED) is 0.776. The lowest BCUT2D eigenvalue weighted by molar-refractivity contribution is 0.415. The number of benzene rings is 2. The van der Waals surface area contributed by atoms with E-state index in [2.05, 4.69) is 20.9 Å². The van der Waals surface area contributed by atoms with Gasteiger partial charge < -0.3 is 4.74 Å². The maximum Gasteiger partial charge on any atom is 0.118 e. The van der Waals surface area contributed by atoms with Gasteiger partial charge in [-0.05, 0) is 54.1 Å². The van der Waals surface area contributed by atoms with E-state index in [4.69, 9.17) is 4.74 Å². The zero-order valence-corrected chi connectivity index (χ0v) is 11.0. The molecule has 0 atom stereocenters. The van der Waals surface area contributed by atoms with Crippen molar-refractivity contribution in [2.45, 2.75) is 0 Å². The normalized spacial score (nSPS) is 10.7. The first-order valence-electron chi connectivity index (χ1n) is 5.21. The van der Waals surface area contributed by atoms with E-state index in [0.29, 0.717) is 0 Å². The second kappa shape index (κ2) is 5.64. The summed E-state index contributed by atoms with van der Waals surface area (Å²) in [5.74, 6) is 0.853. The Labute approximate surface area is 109 Å². The molecule has 0 fully saturated rings. The van der Waals surface area contributed by atoms with Gasteiger partial charge >= 0.3 is 0 Å². The van der Waals surface area contributed by atoms with Crippen molar-refractivity contribution in [2.75, 3.05) is 7.11 Å². The van der Waals surface area contributed by atoms with Crippen LogP contribution in [0.4, 0.5) is 5.69 Å². The Morgan fingerprint density at radius 2 is 1.65 bits per heavy atom. The summed E-state index contributed by atoms with van der Waals surface area (Å²) in [6.07, 6.45) is 1.84. The predicted octanol–water partition coefficient (Wildman–Crippen LogP) is 4.21. The summed E-state index contributed by atoms with van der Waals surface area (Å²) in [5.41, 5.74) is 1.98. The van der Waals surface area contributed by atoms with Crippen molar-refractivity contribution in [3.05, 3.63) is 58.6 Å². The lowest BCUT2D eigenvalue weighted by Gasteiger charge is -1.99. The Kier molecular flexibility index (Phi) is 3.94. The van der Waals surface area contributed by atoms with Crippen LogP contribution in [-0.2, 0) is 0 Å². The number of ether oxygens (including phenoxy) is 1. The molecular weight excluding hydrogens is 278 g/mol. The van der Waals surface area contributed by atoms with E-state index < -0.39 is 0 Å². The number of hydrogen-bond donors (Lipinski definition) is 0. The Balaban J connectivity index is 2.11. The first kappa shape index (κ1) is 11.9. The fourth-order valence-electron chi connectivity index (χ4n) is 1.37. The summed E-state index contributed by atoms with van der Waals surface area (Å²) in [6.45, 7) is 0. The summed E-state index contributed by atoms with van der Waals surface area (Å²) in [4.78, 5) is 4.39. The monoisotopic (exact) mass is 289 g/mol. The van der Waals surface area contributed by atoms with Crippen LogP contribution in [0.1, 0.15) is 5.56 Å². The highest BCUT2D eigenvalue weighted by Gasteiger charge is 1.92. The molecule has 2 rings (SSSR count). The molecular formula is C14H12BrNO. The molecule has 0 heterocycles. The van der Waals surface area contributed by atoms with Gasteiger partial charge in [-0.3, -0.25) is 4.99 Å². The van der Waals surface area contributed by atoms with Crippen molar-refractivity contribution >= 4 is 27.8 Å². The third-order valence-corrected chi connectivity index (χ3v) is 2.83. The standard InChI is InChI=1S/C14H12BrNO/c1-17-14-8-2-11(3-9-14)10-16-13-6-4-12(15)5-7-13/h2-10H,1H3. The van der Waals surface area contributed by atoms with E-state index in [-0.39, 0.29) is 0 Å². The molecule has 0 aliphatic heterocycles. The van der Waals surface area contributed by atoms with E-state index in [9.17, 15) is 0 Å². The molecule has 2 aromatic rings. The largest absolute Gasteiger partial charge is 0.497 e. The molecule has 0 bridgehead atoms. The van der Waals surface area contributed by atoms with E-state index in [1.54, 1.807) is 7.11 Å². The molecule has 0 saturated heterocycles. The molecule has 17 heavy (non-hydrogen) atoms. The Morgan fingerprint density at radius 1 is 1.00 bits per heavy atom. The maximum atomic E-state index is 5.10. The van der Waals surface area contributed by atoms with Crippen LogP contribution in [0.2, 0.25) is 0 Å². The smallest absolute Gasteiger partial charge is 0.118 e. The second-order valence-corrected chi connectivity index (χ2v) is 4.42. The summed E-state index contributed by atoms with van der Waals surface area (Å²) in [5, 5.41) is 0. The molecule has 0 saturated carbocycles. The number of halogens is 1. The second-order valence-electron chi connectivity index (χ2n) is 3.51. The average Bonchev–Trinajstić information content (AvgIpc) is 2.39. The Hall–Kier alpha value is -1.61. The van der Waals surface area contributed by atoms with Gasteiger partial charge in [0.05, 0.1) is 12.8 Å². The van der Waals surface area contributed by atoms with Gasteiger partial charge in [0, 0.05) is 10.7 Å². The SMILES string of the molecule is COc1ccc(C=Nc2ccc(Br)cc2)cc1. The zero-order valence-electron chi connectivity index (χ0n) is 9.43. The number of rotatable bonds is 3. The maximum absolute atomic E-state index is 5.10. The summed E-state index contributed by atoms with van der Waals surface area (Å²) >= 11 is 3.39. The fourth-order valence-corrected chi connectivity index (χ4v) is 1.63. The van der Waals surface area contributed by atoms with E-state index in [1.807, 2.05) is 54.7 Å². The molecule has 3 heteroatoms. The number of nitrogens with zero attached hydrogens (tertiary/aromatic N) is 1. The van der Waals surface area contributed by atoms with Crippen molar-refractivity contribution in [1.29, 1.82) is 0 Å². The minimum atomic E-state index is 0.853. The first-order chi connectivity index (χ1) is 8.28. The van der Waals surface area contributed by atoms with Crippen LogP contribution in [0, 0.1) is 0 Å². The first-order valence-corrected chi connectivity index (χ1v) is 6.01. The zero-order chi connectivity index (χ0) is 12.1. The minimum absolute atomic E-state index is 0.853. The number of methoxy groups -OCH3 is 1. The molecule has 0 spiro atoms. The van der Waals surface area contributed by atoms with Crippen molar-refractivity contribution < 1.29 is 4.74 Å². The molecule has 0 aliphatic rings. The number of aliphatic imine (C=N–C) groups is 1. The van der Waals surface area contributed by atoms with Gasteiger partial charge in [0.15, 0.2) is 0 Å². The molecule has 0 amide bonds. The van der Waals surface area contributed by atoms with Crippen molar-refractivity contribution in [1.82, 2.24) is 0 Å². The van der Waals surface area contributed by atoms with Crippen LogP contribution in [0.15, 0.2) is 58.0 Å². The third-order valence-electron chi connectivity index (χ3n) is 2.31. The third kappa shape index (κ3) is 3.43. The van der Waals surface area contributed by atoms with Crippen LogP contribution in [0.3, 0.4) is 0 Å². The van der Waals surface area contributed by atoms with Crippen LogP contribution in [0.25, 0.3) is 0 Å². The molecule has 86 valence electrons. The molecule has 2 aromatic carbocycles.